The van der Waals surface area contributed by atoms with Crippen LogP contribution < -0.4 is 0 Å². The van der Waals surface area contributed by atoms with Crippen LogP contribution in [-0.2, 0) is 9.59 Å². The number of rotatable bonds is 1. The standard InChI is InChI=1S/C9H12ClN3S.C2H2O4/c10-9-8(11-14-12-9)7-5-13-3-1-6(7)2-4-13;3-1(4)2(5)6/h6-7H,1-5H2;(H,3,4)(H,5,6). The Morgan fingerprint density at radius 3 is 2.15 bits per heavy atom. The normalized spacial score (nSPS) is 27.6. The van der Waals surface area contributed by atoms with Crippen molar-refractivity contribution in [3.05, 3.63) is 10.8 Å². The Labute approximate surface area is 124 Å². The number of aliphatic carboxylic acids is 2. The minimum atomic E-state index is -1.82. The van der Waals surface area contributed by atoms with Crippen LogP contribution in [0.15, 0.2) is 0 Å². The lowest BCUT2D eigenvalue weighted by Crippen LogP contribution is -2.46. The van der Waals surface area contributed by atoms with E-state index in [9.17, 15) is 0 Å². The zero-order valence-corrected chi connectivity index (χ0v) is 12.1. The van der Waals surface area contributed by atoms with Gasteiger partial charge in [-0.2, -0.15) is 8.75 Å². The summed E-state index contributed by atoms with van der Waals surface area (Å²) in [5.41, 5.74) is 1.05. The zero-order chi connectivity index (χ0) is 14.7. The van der Waals surface area contributed by atoms with E-state index in [0.29, 0.717) is 11.1 Å². The maximum atomic E-state index is 9.10. The van der Waals surface area contributed by atoms with E-state index in [4.69, 9.17) is 31.4 Å². The third kappa shape index (κ3) is 3.44. The summed E-state index contributed by atoms with van der Waals surface area (Å²) in [7, 11) is 0. The van der Waals surface area contributed by atoms with Crippen molar-refractivity contribution in [1.29, 1.82) is 0 Å². The molecule has 0 amide bonds. The second kappa shape index (κ2) is 6.47. The smallest absolute Gasteiger partial charge is 0.414 e. The van der Waals surface area contributed by atoms with Gasteiger partial charge in [0.15, 0.2) is 5.15 Å². The fraction of sp³-hybridized carbons (Fsp3) is 0.636. The van der Waals surface area contributed by atoms with Gasteiger partial charge in [0.1, 0.15) is 0 Å². The minimum absolute atomic E-state index is 0.545. The first-order valence-corrected chi connectivity index (χ1v) is 7.26. The summed E-state index contributed by atoms with van der Waals surface area (Å²) in [5.74, 6) is -2.31. The topological polar surface area (TPSA) is 104 Å². The Hall–Kier alpha value is -1.25. The number of carboxylic acid groups (broad SMARTS) is 2. The maximum Gasteiger partial charge on any atom is 0.414 e. The van der Waals surface area contributed by atoms with E-state index >= 15 is 0 Å². The molecule has 1 aromatic rings. The lowest BCUT2D eigenvalue weighted by Gasteiger charge is -2.44. The molecule has 0 spiro atoms. The van der Waals surface area contributed by atoms with Crippen LogP contribution in [-0.4, -0.2) is 55.4 Å². The Morgan fingerprint density at radius 2 is 1.80 bits per heavy atom. The third-order valence-electron chi connectivity index (χ3n) is 3.66. The molecule has 3 aliphatic heterocycles. The van der Waals surface area contributed by atoms with Crippen LogP contribution in [0.4, 0.5) is 0 Å². The van der Waals surface area contributed by atoms with Crippen molar-refractivity contribution in [3.63, 3.8) is 0 Å². The summed E-state index contributed by atoms with van der Waals surface area (Å²) < 4.78 is 8.38. The third-order valence-corrected chi connectivity index (χ3v) is 4.58. The van der Waals surface area contributed by atoms with Crippen molar-refractivity contribution in [1.82, 2.24) is 13.6 Å². The Morgan fingerprint density at radius 1 is 1.20 bits per heavy atom. The van der Waals surface area contributed by atoms with E-state index in [-0.39, 0.29) is 0 Å². The van der Waals surface area contributed by atoms with Crippen LogP contribution in [0.5, 0.6) is 0 Å². The second-order valence-electron chi connectivity index (χ2n) is 4.80. The van der Waals surface area contributed by atoms with E-state index in [0.717, 1.165) is 18.2 Å². The van der Waals surface area contributed by atoms with Gasteiger partial charge < -0.3 is 15.1 Å². The van der Waals surface area contributed by atoms with E-state index in [1.807, 2.05) is 0 Å². The molecule has 3 aliphatic rings. The molecule has 2 bridgehead atoms. The van der Waals surface area contributed by atoms with Gasteiger partial charge in [-0.1, -0.05) is 11.6 Å². The van der Waals surface area contributed by atoms with E-state index in [1.54, 1.807) is 0 Å². The Balaban J connectivity index is 0.000000212. The number of hydrogen-bond acceptors (Lipinski definition) is 6. The molecule has 0 saturated carbocycles. The molecule has 7 nitrogen and oxygen atoms in total. The molecule has 110 valence electrons. The lowest BCUT2D eigenvalue weighted by atomic mass is 9.78. The number of aromatic nitrogens is 2. The fourth-order valence-corrected chi connectivity index (χ4v) is 3.52. The molecule has 9 heteroatoms. The summed E-state index contributed by atoms with van der Waals surface area (Å²) in [5, 5.41) is 15.4. The Bertz CT molecular complexity index is 490. The summed E-state index contributed by atoms with van der Waals surface area (Å²) in [4.78, 5) is 20.7. The molecule has 0 aliphatic carbocycles. The van der Waals surface area contributed by atoms with Crippen LogP contribution in [0.25, 0.3) is 0 Å². The van der Waals surface area contributed by atoms with Gasteiger partial charge in [-0.3, -0.25) is 0 Å². The molecular formula is C11H14ClN3O4S. The summed E-state index contributed by atoms with van der Waals surface area (Å²) in [6.07, 6.45) is 2.61. The highest BCUT2D eigenvalue weighted by molar-refractivity contribution is 6.99. The number of piperidine rings is 3. The molecule has 2 N–H and O–H groups in total. The minimum Gasteiger partial charge on any atom is -0.473 e. The molecule has 1 aromatic heterocycles. The van der Waals surface area contributed by atoms with E-state index in [1.165, 1.54) is 37.7 Å². The number of hydrogen-bond donors (Lipinski definition) is 2. The van der Waals surface area contributed by atoms with Crippen LogP contribution in [0.3, 0.4) is 0 Å². The van der Waals surface area contributed by atoms with Crippen molar-refractivity contribution >= 4 is 35.3 Å². The monoisotopic (exact) mass is 319 g/mol. The first-order valence-electron chi connectivity index (χ1n) is 6.15. The molecule has 3 fully saturated rings. The van der Waals surface area contributed by atoms with Crippen LogP contribution in [0.1, 0.15) is 24.5 Å². The highest BCUT2D eigenvalue weighted by Crippen LogP contribution is 2.40. The summed E-state index contributed by atoms with van der Waals surface area (Å²) in [6, 6.07) is 0. The highest BCUT2D eigenvalue weighted by Gasteiger charge is 2.37. The maximum absolute atomic E-state index is 9.10. The van der Waals surface area contributed by atoms with E-state index in [2.05, 4.69) is 13.6 Å². The van der Waals surface area contributed by atoms with Crippen molar-refractivity contribution in [2.45, 2.75) is 18.8 Å². The predicted molar refractivity (Wildman–Crippen MR) is 72.1 cm³/mol. The van der Waals surface area contributed by atoms with Crippen LogP contribution in [0.2, 0.25) is 5.15 Å². The number of carboxylic acids is 2. The molecule has 0 radical (unpaired) electrons. The zero-order valence-electron chi connectivity index (χ0n) is 10.5. The van der Waals surface area contributed by atoms with Gasteiger partial charge in [-0.05, 0) is 31.8 Å². The quantitative estimate of drug-likeness (QED) is 0.748. The lowest BCUT2D eigenvalue weighted by molar-refractivity contribution is -0.159. The van der Waals surface area contributed by atoms with Gasteiger partial charge in [-0.25, -0.2) is 9.59 Å². The molecule has 1 atom stereocenters. The van der Waals surface area contributed by atoms with Crippen molar-refractivity contribution in [2.24, 2.45) is 5.92 Å². The largest absolute Gasteiger partial charge is 0.473 e. The van der Waals surface area contributed by atoms with Gasteiger partial charge in [0, 0.05) is 12.5 Å². The highest BCUT2D eigenvalue weighted by atomic mass is 35.5. The molecule has 20 heavy (non-hydrogen) atoms. The average molecular weight is 320 g/mol. The molecule has 4 heterocycles. The van der Waals surface area contributed by atoms with Gasteiger partial charge in [0.2, 0.25) is 0 Å². The van der Waals surface area contributed by atoms with Gasteiger partial charge in [-0.15, -0.1) is 0 Å². The number of carbonyl (C=O) groups is 2. The fourth-order valence-electron chi connectivity index (χ4n) is 2.68. The first kappa shape index (κ1) is 15.1. The van der Waals surface area contributed by atoms with Crippen molar-refractivity contribution < 1.29 is 19.8 Å². The first-order chi connectivity index (χ1) is 9.49. The van der Waals surface area contributed by atoms with Crippen LogP contribution in [0, 0.1) is 5.92 Å². The molecule has 0 aromatic carbocycles. The predicted octanol–water partition coefficient (Wildman–Crippen LogP) is 1.16. The number of nitrogens with zero attached hydrogens (tertiary/aromatic N) is 3. The molecule has 1 unspecified atom stereocenters. The molecule has 3 saturated heterocycles. The summed E-state index contributed by atoms with van der Waals surface area (Å²) >= 11 is 7.27. The average Bonchev–Trinajstić information content (AvgIpc) is 2.86. The number of fused-ring (bicyclic) bond motifs is 3. The van der Waals surface area contributed by atoms with Crippen molar-refractivity contribution in [2.75, 3.05) is 19.6 Å². The second-order valence-corrected chi connectivity index (χ2v) is 5.68. The number of halogens is 1. The summed E-state index contributed by atoms with van der Waals surface area (Å²) in [6.45, 7) is 3.66. The molecule has 4 rings (SSSR count). The van der Waals surface area contributed by atoms with Gasteiger partial charge in [0.05, 0.1) is 17.4 Å². The van der Waals surface area contributed by atoms with Crippen LogP contribution >= 0.6 is 23.3 Å². The van der Waals surface area contributed by atoms with Gasteiger partial charge in [0.25, 0.3) is 0 Å². The molecular weight excluding hydrogens is 306 g/mol. The SMILES string of the molecule is Clc1nsnc1C1CN2CCC1CC2.O=C(O)C(=O)O. The Kier molecular flexibility index (Phi) is 4.90. The van der Waals surface area contributed by atoms with E-state index < -0.39 is 11.9 Å². The van der Waals surface area contributed by atoms with Crippen molar-refractivity contribution in [3.8, 4) is 0 Å². The van der Waals surface area contributed by atoms with Gasteiger partial charge >= 0.3 is 11.9 Å².